The second-order valence-corrected chi connectivity index (χ2v) is 5.91. The van der Waals surface area contributed by atoms with Gasteiger partial charge in [-0.3, -0.25) is 4.90 Å². The number of methoxy groups -OCH3 is 1. The fourth-order valence-corrected chi connectivity index (χ4v) is 3.07. The molecule has 2 heterocycles. The van der Waals surface area contributed by atoms with Crippen molar-refractivity contribution in [3.8, 4) is 5.88 Å². The zero-order chi connectivity index (χ0) is 15.9. The van der Waals surface area contributed by atoms with E-state index in [1.807, 2.05) is 0 Å². The van der Waals surface area contributed by atoms with E-state index in [2.05, 4.69) is 50.5 Å². The summed E-state index contributed by atoms with van der Waals surface area (Å²) in [6.45, 7) is 3.02. The third kappa shape index (κ3) is 4.42. The fraction of sp³-hybridized carbons (Fsp3) is 0.444. The first-order valence-corrected chi connectivity index (χ1v) is 8.24. The standard InChI is InChI=1S/C18H24N4O/c1-23-17-10-11-19-18(21-17)20-13-16-9-5-6-12-22(16)14-15-7-3-2-4-8-15/h2-4,7-8,10-11,16H,5-6,9,12-14H2,1H3,(H,19,20,21)/t16-/m0/s1. The smallest absolute Gasteiger partial charge is 0.225 e. The first-order valence-electron chi connectivity index (χ1n) is 8.24. The van der Waals surface area contributed by atoms with E-state index >= 15 is 0 Å². The lowest BCUT2D eigenvalue weighted by Gasteiger charge is -2.35. The van der Waals surface area contributed by atoms with Crippen LogP contribution in [-0.2, 0) is 6.54 Å². The molecule has 1 fully saturated rings. The van der Waals surface area contributed by atoms with Gasteiger partial charge in [-0.2, -0.15) is 4.98 Å². The average Bonchev–Trinajstić information content (AvgIpc) is 2.62. The van der Waals surface area contributed by atoms with E-state index in [1.165, 1.54) is 24.8 Å². The van der Waals surface area contributed by atoms with Gasteiger partial charge in [-0.25, -0.2) is 4.98 Å². The van der Waals surface area contributed by atoms with Crippen LogP contribution < -0.4 is 10.1 Å². The number of hydrogen-bond donors (Lipinski definition) is 1. The maximum absolute atomic E-state index is 5.15. The maximum Gasteiger partial charge on any atom is 0.225 e. The van der Waals surface area contributed by atoms with Crippen LogP contribution in [0.25, 0.3) is 0 Å². The van der Waals surface area contributed by atoms with Gasteiger partial charge in [0.2, 0.25) is 11.8 Å². The van der Waals surface area contributed by atoms with Gasteiger partial charge in [-0.05, 0) is 24.9 Å². The van der Waals surface area contributed by atoms with Crippen molar-refractivity contribution in [2.45, 2.75) is 31.8 Å². The Bertz CT molecular complexity index is 605. The van der Waals surface area contributed by atoms with Crippen LogP contribution in [0.4, 0.5) is 5.95 Å². The van der Waals surface area contributed by atoms with Crippen molar-refractivity contribution in [3.63, 3.8) is 0 Å². The molecule has 0 saturated carbocycles. The Balaban J connectivity index is 1.60. The van der Waals surface area contributed by atoms with Crippen LogP contribution >= 0.6 is 0 Å². The minimum atomic E-state index is 0.513. The number of likely N-dealkylation sites (tertiary alicyclic amines) is 1. The highest BCUT2D eigenvalue weighted by molar-refractivity contribution is 5.27. The van der Waals surface area contributed by atoms with Crippen LogP contribution in [0.3, 0.4) is 0 Å². The summed E-state index contributed by atoms with van der Waals surface area (Å²) in [6, 6.07) is 13.0. The molecular formula is C18H24N4O. The molecule has 1 aromatic carbocycles. The van der Waals surface area contributed by atoms with Crippen LogP contribution in [0.1, 0.15) is 24.8 Å². The van der Waals surface area contributed by atoms with Crippen molar-refractivity contribution >= 4 is 5.95 Å². The van der Waals surface area contributed by atoms with Gasteiger partial charge in [0, 0.05) is 31.4 Å². The lowest BCUT2D eigenvalue weighted by molar-refractivity contribution is 0.148. The first-order chi connectivity index (χ1) is 11.3. The number of benzene rings is 1. The second kappa shape index (κ2) is 7.92. The summed E-state index contributed by atoms with van der Waals surface area (Å²) >= 11 is 0. The van der Waals surface area contributed by atoms with E-state index < -0.39 is 0 Å². The van der Waals surface area contributed by atoms with Crippen LogP contribution in [0.5, 0.6) is 5.88 Å². The summed E-state index contributed by atoms with van der Waals surface area (Å²) in [5.74, 6) is 1.22. The number of nitrogens with zero attached hydrogens (tertiary/aromatic N) is 3. The van der Waals surface area contributed by atoms with E-state index in [0.29, 0.717) is 17.9 Å². The Hall–Kier alpha value is -2.14. The van der Waals surface area contributed by atoms with Gasteiger partial charge in [0.25, 0.3) is 0 Å². The molecule has 1 atom stereocenters. The van der Waals surface area contributed by atoms with Crippen molar-refractivity contribution < 1.29 is 4.74 Å². The minimum Gasteiger partial charge on any atom is -0.481 e. The Labute approximate surface area is 137 Å². The van der Waals surface area contributed by atoms with Crippen LogP contribution in [0.15, 0.2) is 42.6 Å². The van der Waals surface area contributed by atoms with Gasteiger partial charge < -0.3 is 10.1 Å². The Kier molecular flexibility index (Phi) is 5.42. The molecule has 1 aliphatic heterocycles. The molecule has 1 aliphatic rings. The Morgan fingerprint density at radius 3 is 2.91 bits per heavy atom. The zero-order valence-corrected chi connectivity index (χ0v) is 13.6. The number of hydrogen-bond acceptors (Lipinski definition) is 5. The predicted octanol–water partition coefficient (Wildman–Crippen LogP) is 2.95. The van der Waals surface area contributed by atoms with Gasteiger partial charge in [0.05, 0.1) is 7.11 Å². The third-order valence-corrected chi connectivity index (χ3v) is 4.31. The summed E-state index contributed by atoms with van der Waals surface area (Å²) in [5, 5.41) is 3.36. The SMILES string of the molecule is COc1ccnc(NC[C@@H]2CCCCN2Cc2ccccc2)n1. The molecule has 0 spiro atoms. The Morgan fingerprint density at radius 2 is 2.09 bits per heavy atom. The maximum atomic E-state index is 5.15. The number of anilines is 1. The summed E-state index contributed by atoms with van der Waals surface area (Å²) in [6.07, 6.45) is 5.50. The average molecular weight is 312 g/mol. The second-order valence-electron chi connectivity index (χ2n) is 5.91. The largest absolute Gasteiger partial charge is 0.481 e. The minimum absolute atomic E-state index is 0.513. The molecule has 1 aromatic heterocycles. The van der Waals surface area contributed by atoms with E-state index in [-0.39, 0.29) is 0 Å². The molecule has 0 amide bonds. The zero-order valence-electron chi connectivity index (χ0n) is 13.6. The number of piperidine rings is 1. The van der Waals surface area contributed by atoms with Crippen molar-refractivity contribution in [1.82, 2.24) is 14.9 Å². The lowest BCUT2D eigenvalue weighted by atomic mass is 10.0. The summed E-state index contributed by atoms with van der Waals surface area (Å²) in [7, 11) is 1.62. The molecule has 0 aliphatic carbocycles. The third-order valence-electron chi connectivity index (χ3n) is 4.31. The highest BCUT2D eigenvalue weighted by Crippen LogP contribution is 2.20. The van der Waals surface area contributed by atoms with Crippen molar-refractivity contribution in [2.24, 2.45) is 0 Å². The van der Waals surface area contributed by atoms with Crippen LogP contribution in [0, 0.1) is 0 Å². The van der Waals surface area contributed by atoms with Crippen molar-refractivity contribution in [1.29, 1.82) is 0 Å². The van der Waals surface area contributed by atoms with Gasteiger partial charge in [-0.15, -0.1) is 0 Å². The quantitative estimate of drug-likeness (QED) is 0.889. The lowest BCUT2D eigenvalue weighted by Crippen LogP contribution is -2.43. The molecule has 5 heteroatoms. The monoisotopic (exact) mass is 312 g/mol. The Morgan fingerprint density at radius 1 is 1.22 bits per heavy atom. The molecule has 122 valence electrons. The van der Waals surface area contributed by atoms with E-state index in [0.717, 1.165) is 19.6 Å². The first kappa shape index (κ1) is 15.7. The normalized spacial score (nSPS) is 18.6. The molecule has 0 unspecified atom stereocenters. The van der Waals surface area contributed by atoms with E-state index in [1.54, 1.807) is 19.4 Å². The van der Waals surface area contributed by atoms with Crippen LogP contribution in [0.2, 0.25) is 0 Å². The van der Waals surface area contributed by atoms with Gasteiger partial charge >= 0.3 is 0 Å². The van der Waals surface area contributed by atoms with Crippen molar-refractivity contribution in [3.05, 3.63) is 48.2 Å². The molecule has 5 nitrogen and oxygen atoms in total. The van der Waals surface area contributed by atoms with E-state index in [4.69, 9.17) is 4.74 Å². The molecule has 3 rings (SSSR count). The molecule has 1 saturated heterocycles. The number of aromatic nitrogens is 2. The fourth-order valence-electron chi connectivity index (χ4n) is 3.07. The van der Waals surface area contributed by atoms with Gasteiger partial charge in [0.15, 0.2) is 0 Å². The molecule has 23 heavy (non-hydrogen) atoms. The summed E-state index contributed by atoms with van der Waals surface area (Å²) < 4.78 is 5.15. The van der Waals surface area contributed by atoms with E-state index in [9.17, 15) is 0 Å². The van der Waals surface area contributed by atoms with Crippen LogP contribution in [-0.4, -0.2) is 41.1 Å². The number of ether oxygens (including phenoxy) is 1. The predicted molar refractivity (Wildman–Crippen MR) is 91.6 cm³/mol. The number of nitrogens with one attached hydrogen (secondary N) is 1. The topological polar surface area (TPSA) is 50.3 Å². The molecule has 1 N–H and O–H groups in total. The molecule has 0 radical (unpaired) electrons. The molecular weight excluding hydrogens is 288 g/mol. The van der Waals surface area contributed by atoms with Crippen molar-refractivity contribution in [2.75, 3.05) is 25.5 Å². The summed E-state index contributed by atoms with van der Waals surface area (Å²) in [4.78, 5) is 11.1. The van der Waals surface area contributed by atoms with Gasteiger partial charge in [0.1, 0.15) is 0 Å². The van der Waals surface area contributed by atoms with Gasteiger partial charge in [-0.1, -0.05) is 36.8 Å². The molecule has 0 bridgehead atoms. The highest BCUT2D eigenvalue weighted by atomic mass is 16.5. The summed E-state index contributed by atoms with van der Waals surface area (Å²) in [5.41, 5.74) is 1.37. The highest BCUT2D eigenvalue weighted by Gasteiger charge is 2.22. The molecule has 2 aromatic rings. The number of rotatable bonds is 6.